The summed E-state index contributed by atoms with van der Waals surface area (Å²) in [6, 6.07) is 8.23. The van der Waals surface area contributed by atoms with E-state index in [1.807, 2.05) is 12.1 Å². The zero-order valence-electron chi connectivity index (χ0n) is 15.1. The van der Waals surface area contributed by atoms with Crippen molar-refractivity contribution in [1.82, 2.24) is 4.90 Å². The van der Waals surface area contributed by atoms with Gasteiger partial charge in [0.25, 0.3) is 0 Å². The molecule has 7 nitrogen and oxygen atoms in total. The fourth-order valence-corrected chi connectivity index (χ4v) is 2.60. The van der Waals surface area contributed by atoms with Crippen LogP contribution in [0.3, 0.4) is 0 Å². The fourth-order valence-electron chi connectivity index (χ4n) is 2.60. The minimum Gasteiger partial charge on any atom is -0.478 e. The largest absolute Gasteiger partial charge is 0.478 e. The van der Waals surface area contributed by atoms with E-state index in [1.165, 1.54) is 23.8 Å². The number of benzene rings is 1. The van der Waals surface area contributed by atoms with E-state index in [0.29, 0.717) is 19.0 Å². The van der Waals surface area contributed by atoms with Crippen molar-refractivity contribution in [3.8, 4) is 0 Å². The first-order chi connectivity index (χ1) is 12.6. The van der Waals surface area contributed by atoms with Crippen LogP contribution in [-0.4, -0.2) is 30.6 Å². The third-order valence-electron chi connectivity index (χ3n) is 3.92. The average molecular weight is 358 g/mol. The second-order valence-electron chi connectivity index (χ2n) is 5.93. The molecule has 2 bridgehead atoms. The molecule has 0 aliphatic carbocycles. The molecule has 26 heavy (non-hydrogen) atoms. The molecule has 0 fully saturated rings. The molecule has 0 saturated carbocycles. The predicted molar refractivity (Wildman–Crippen MR) is 101 cm³/mol. The second-order valence-corrected chi connectivity index (χ2v) is 5.93. The van der Waals surface area contributed by atoms with Gasteiger partial charge in [-0.2, -0.15) is 4.99 Å². The first kappa shape index (κ1) is 19.4. The number of carbonyl (C=O) groups excluding carboxylic acids is 1. The Bertz CT molecular complexity index is 698. The molecule has 1 aliphatic rings. The number of ether oxygens (including phenoxy) is 2. The van der Waals surface area contributed by atoms with Crippen molar-refractivity contribution in [3.63, 3.8) is 0 Å². The Morgan fingerprint density at radius 1 is 1.31 bits per heavy atom. The zero-order valence-corrected chi connectivity index (χ0v) is 15.1. The van der Waals surface area contributed by atoms with Gasteiger partial charge in [0.1, 0.15) is 5.82 Å². The number of hydrogen-bond donors (Lipinski definition) is 2. The maximum absolute atomic E-state index is 12.1. The molecule has 1 aromatic rings. The lowest BCUT2D eigenvalue weighted by Crippen LogP contribution is -2.25. The van der Waals surface area contributed by atoms with Crippen LogP contribution in [0.4, 0.5) is 4.79 Å². The zero-order chi connectivity index (χ0) is 18.8. The Labute approximate surface area is 154 Å². The van der Waals surface area contributed by atoms with Gasteiger partial charge in [-0.25, -0.2) is 4.79 Å². The van der Waals surface area contributed by atoms with E-state index in [0.717, 1.165) is 31.2 Å². The smallest absolute Gasteiger partial charge is 0.413 e. The van der Waals surface area contributed by atoms with Gasteiger partial charge in [0.2, 0.25) is 5.90 Å². The van der Waals surface area contributed by atoms with Crippen LogP contribution < -0.4 is 11.5 Å². The van der Waals surface area contributed by atoms with Crippen molar-refractivity contribution in [2.24, 2.45) is 16.5 Å². The maximum atomic E-state index is 12.1. The first-order valence-corrected chi connectivity index (χ1v) is 8.62. The molecule has 0 spiro atoms. The van der Waals surface area contributed by atoms with Gasteiger partial charge in [0.05, 0.1) is 20.3 Å². The molecule has 0 unspecified atom stereocenters. The lowest BCUT2D eigenvalue weighted by atomic mass is 10.0. The van der Waals surface area contributed by atoms with Crippen LogP contribution in [0.2, 0.25) is 0 Å². The molecule has 1 aromatic carbocycles. The Balaban J connectivity index is 2.31. The average Bonchev–Trinajstić information content (AvgIpc) is 2.66. The number of aryl methyl sites for hydroxylation is 1. The Morgan fingerprint density at radius 3 is 2.88 bits per heavy atom. The highest BCUT2D eigenvalue weighted by Crippen LogP contribution is 2.14. The third-order valence-corrected chi connectivity index (χ3v) is 3.92. The number of carbonyl (C=O) groups is 1. The van der Waals surface area contributed by atoms with E-state index in [1.54, 1.807) is 12.3 Å². The lowest BCUT2D eigenvalue weighted by Gasteiger charge is -2.18. The van der Waals surface area contributed by atoms with Crippen LogP contribution in [0.1, 0.15) is 30.4 Å². The Hall–Kier alpha value is -2.96. The Morgan fingerprint density at radius 2 is 2.12 bits per heavy atom. The van der Waals surface area contributed by atoms with E-state index in [-0.39, 0.29) is 5.82 Å². The molecule has 1 amide bonds. The summed E-state index contributed by atoms with van der Waals surface area (Å²) >= 11 is 0. The van der Waals surface area contributed by atoms with Crippen LogP contribution in [0, 0.1) is 0 Å². The summed E-state index contributed by atoms with van der Waals surface area (Å²) in [6.07, 6.45) is 7.90. The second kappa shape index (κ2) is 10.1. The van der Waals surface area contributed by atoms with Gasteiger partial charge in [-0.05, 0) is 36.8 Å². The summed E-state index contributed by atoms with van der Waals surface area (Å²) in [4.78, 5) is 17.7. The molecule has 2 rings (SSSR count). The van der Waals surface area contributed by atoms with E-state index in [9.17, 15) is 4.79 Å². The van der Waals surface area contributed by atoms with E-state index in [2.05, 4.69) is 17.1 Å². The van der Waals surface area contributed by atoms with Crippen LogP contribution in [0.15, 0.2) is 53.6 Å². The summed E-state index contributed by atoms with van der Waals surface area (Å²) in [5.74, 6) is 0.437. The predicted octanol–water partition coefficient (Wildman–Crippen LogP) is 2.63. The fraction of sp³-hybridized carbons (Fsp3) is 0.368. The van der Waals surface area contributed by atoms with Crippen LogP contribution in [-0.2, 0) is 22.4 Å². The highest BCUT2D eigenvalue weighted by molar-refractivity contribution is 5.88. The van der Waals surface area contributed by atoms with Crippen molar-refractivity contribution in [3.05, 3.63) is 59.7 Å². The quantitative estimate of drug-likeness (QED) is 0.803. The molecule has 4 N–H and O–H groups in total. The summed E-state index contributed by atoms with van der Waals surface area (Å²) in [5, 5.41) is 0. The van der Waals surface area contributed by atoms with Crippen molar-refractivity contribution in [2.45, 2.75) is 32.2 Å². The number of hydrogen-bond acceptors (Lipinski definition) is 6. The van der Waals surface area contributed by atoms with Crippen LogP contribution >= 0.6 is 0 Å². The molecule has 1 heterocycles. The number of rotatable bonds is 1. The molecule has 0 atom stereocenters. The molecule has 1 aliphatic heterocycles. The van der Waals surface area contributed by atoms with Gasteiger partial charge < -0.3 is 20.9 Å². The number of nitrogens with two attached hydrogens (primary N) is 2. The van der Waals surface area contributed by atoms with Crippen molar-refractivity contribution >= 4 is 12.0 Å². The van der Waals surface area contributed by atoms with Crippen LogP contribution in [0.25, 0.3) is 0 Å². The lowest BCUT2D eigenvalue weighted by molar-refractivity contribution is 0.138. The molecule has 140 valence electrons. The van der Waals surface area contributed by atoms with Gasteiger partial charge in [-0.1, -0.05) is 24.3 Å². The maximum Gasteiger partial charge on any atom is 0.413 e. The number of methoxy groups -OCH3 is 1. The summed E-state index contributed by atoms with van der Waals surface area (Å²) < 4.78 is 10.5. The van der Waals surface area contributed by atoms with Gasteiger partial charge in [-0.15, -0.1) is 0 Å². The van der Waals surface area contributed by atoms with Gasteiger partial charge >= 0.3 is 6.09 Å². The molecular weight excluding hydrogens is 332 g/mol. The number of fused-ring (bicyclic) bond motifs is 2. The Kier molecular flexibility index (Phi) is 7.54. The highest BCUT2D eigenvalue weighted by atomic mass is 16.5. The van der Waals surface area contributed by atoms with Gasteiger partial charge in [0.15, 0.2) is 0 Å². The van der Waals surface area contributed by atoms with Crippen molar-refractivity contribution < 1.29 is 14.3 Å². The van der Waals surface area contributed by atoms with Gasteiger partial charge in [-0.3, -0.25) is 4.90 Å². The van der Waals surface area contributed by atoms with Crippen molar-refractivity contribution in [2.75, 3.05) is 13.7 Å². The summed E-state index contributed by atoms with van der Waals surface area (Å²) in [5.41, 5.74) is 13.3. The number of aliphatic imine (C=N–C) groups is 1. The van der Waals surface area contributed by atoms with E-state index >= 15 is 0 Å². The molecule has 0 saturated heterocycles. The normalized spacial score (nSPS) is 19.3. The standard InChI is InChI=1S/C19H26N4O3/c1-25-19(24)23-10-9-18(22-17(21)13-20)26-11-4-2-3-6-15-7-5-8-16(12-15)14-23/h5,7-10,12-13H,2-4,6,11,14,20-21H2,1H3/b10-9+,17-13+,22-18+. The molecule has 0 aromatic heterocycles. The topological polar surface area (TPSA) is 103 Å². The molecule has 0 radical (unpaired) electrons. The van der Waals surface area contributed by atoms with Crippen molar-refractivity contribution in [1.29, 1.82) is 0 Å². The molecular formula is C19H26N4O3. The van der Waals surface area contributed by atoms with Gasteiger partial charge in [0, 0.05) is 18.5 Å². The SMILES string of the molecule is COC(=O)N1/C=C/C(=N\C(N)=C\N)OCCCCCc2cccc(c2)C1. The minimum atomic E-state index is -0.472. The monoisotopic (exact) mass is 358 g/mol. The third kappa shape index (κ3) is 6.16. The molecule has 7 heteroatoms. The number of amides is 1. The highest BCUT2D eigenvalue weighted by Gasteiger charge is 2.13. The summed E-state index contributed by atoms with van der Waals surface area (Å²) in [7, 11) is 1.35. The van der Waals surface area contributed by atoms with E-state index < -0.39 is 6.09 Å². The van der Waals surface area contributed by atoms with Crippen LogP contribution in [0.5, 0.6) is 0 Å². The number of nitrogens with zero attached hydrogens (tertiary/aromatic N) is 2. The minimum absolute atomic E-state index is 0.142. The first-order valence-electron chi connectivity index (χ1n) is 8.62. The van der Waals surface area contributed by atoms with E-state index in [4.69, 9.17) is 20.9 Å². The summed E-state index contributed by atoms with van der Waals surface area (Å²) in [6.45, 7) is 0.895.